The van der Waals surface area contributed by atoms with Crippen molar-refractivity contribution < 1.29 is 9.53 Å². The van der Waals surface area contributed by atoms with Crippen molar-refractivity contribution in [3.8, 4) is 6.07 Å². The fraction of sp³-hybridized carbons (Fsp3) is 0.600. The molecule has 0 amide bonds. The van der Waals surface area contributed by atoms with Crippen LogP contribution in [-0.2, 0) is 16.1 Å². The molecule has 0 N–H and O–H groups in total. The van der Waals surface area contributed by atoms with Gasteiger partial charge in [0.2, 0.25) is 0 Å². The first-order valence-corrected chi connectivity index (χ1v) is 8.79. The summed E-state index contributed by atoms with van der Waals surface area (Å²) in [7, 11) is 0. The number of ether oxygens (including phenoxy) is 1. The lowest BCUT2D eigenvalue weighted by Crippen LogP contribution is -2.47. The summed E-state index contributed by atoms with van der Waals surface area (Å²) in [5.41, 5.74) is 1.74. The van der Waals surface area contributed by atoms with Crippen LogP contribution in [0.2, 0.25) is 0 Å². The van der Waals surface area contributed by atoms with Gasteiger partial charge in [0.25, 0.3) is 0 Å². The number of benzene rings is 1. The molecule has 0 aromatic heterocycles. The Morgan fingerprint density at radius 1 is 1.17 bits per heavy atom. The third kappa shape index (κ3) is 3.00. The van der Waals surface area contributed by atoms with E-state index in [4.69, 9.17) is 10.00 Å². The number of rotatable bonds is 4. The highest BCUT2D eigenvalue weighted by molar-refractivity contribution is 5.70. The van der Waals surface area contributed by atoms with Gasteiger partial charge in [-0.25, -0.2) is 0 Å². The zero-order chi connectivity index (χ0) is 15.9. The zero-order valence-electron chi connectivity index (χ0n) is 13.5. The molecule has 3 heteroatoms. The lowest BCUT2D eigenvalue weighted by Gasteiger charge is -2.56. The standard InChI is InChI=1S/C20H23NO2/c21-12-14-2-1-3-15(4-14)13-23-19(22)11-20-8-16-5-17(9-20)7-18(6-16)10-20/h1-4,16-18H,5-11,13H2. The predicted molar refractivity (Wildman–Crippen MR) is 86.2 cm³/mol. The Labute approximate surface area is 137 Å². The van der Waals surface area contributed by atoms with Crippen LogP contribution in [0.25, 0.3) is 0 Å². The van der Waals surface area contributed by atoms with Crippen LogP contribution in [0.1, 0.15) is 56.1 Å². The van der Waals surface area contributed by atoms with E-state index in [1.54, 1.807) is 12.1 Å². The Morgan fingerprint density at radius 2 is 1.83 bits per heavy atom. The molecular weight excluding hydrogens is 286 g/mol. The highest BCUT2D eigenvalue weighted by Gasteiger charge is 2.51. The van der Waals surface area contributed by atoms with E-state index in [0.29, 0.717) is 12.0 Å². The first-order chi connectivity index (χ1) is 11.1. The maximum Gasteiger partial charge on any atom is 0.306 e. The topological polar surface area (TPSA) is 50.1 Å². The van der Waals surface area contributed by atoms with Gasteiger partial charge in [-0.15, -0.1) is 0 Å². The first-order valence-electron chi connectivity index (χ1n) is 8.79. The van der Waals surface area contributed by atoms with Gasteiger partial charge < -0.3 is 4.74 Å². The molecule has 1 aromatic rings. The number of nitriles is 1. The summed E-state index contributed by atoms with van der Waals surface area (Å²) in [5, 5.41) is 8.92. The van der Waals surface area contributed by atoms with Gasteiger partial charge in [0.05, 0.1) is 18.1 Å². The highest BCUT2D eigenvalue weighted by Crippen LogP contribution is 2.61. The van der Waals surface area contributed by atoms with Gasteiger partial charge in [0.15, 0.2) is 0 Å². The summed E-state index contributed by atoms with van der Waals surface area (Å²) >= 11 is 0. The molecule has 4 fully saturated rings. The molecule has 5 rings (SSSR count). The van der Waals surface area contributed by atoms with Crippen molar-refractivity contribution in [3.05, 3.63) is 35.4 Å². The van der Waals surface area contributed by atoms with E-state index >= 15 is 0 Å². The van der Waals surface area contributed by atoms with Crippen molar-refractivity contribution >= 4 is 5.97 Å². The van der Waals surface area contributed by atoms with E-state index in [1.807, 2.05) is 12.1 Å². The van der Waals surface area contributed by atoms with Gasteiger partial charge in [-0.05, 0) is 79.4 Å². The minimum Gasteiger partial charge on any atom is -0.461 e. The third-order valence-corrected chi connectivity index (χ3v) is 6.14. The van der Waals surface area contributed by atoms with Crippen molar-refractivity contribution in [3.63, 3.8) is 0 Å². The minimum atomic E-state index is -0.0608. The van der Waals surface area contributed by atoms with Gasteiger partial charge in [-0.3, -0.25) is 4.79 Å². The molecule has 4 aliphatic carbocycles. The number of carbonyl (C=O) groups excluding carboxylic acids is 1. The molecule has 0 aliphatic heterocycles. The van der Waals surface area contributed by atoms with Crippen LogP contribution in [-0.4, -0.2) is 5.97 Å². The second kappa shape index (κ2) is 5.67. The van der Waals surface area contributed by atoms with Crippen LogP contribution in [0, 0.1) is 34.5 Å². The third-order valence-electron chi connectivity index (χ3n) is 6.14. The van der Waals surface area contributed by atoms with Crippen molar-refractivity contribution in [1.29, 1.82) is 5.26 Å². The molecule has 0 heterocycles. The van der Waals surface area contributed by atoms with Crippen LogP contribution < -0.4 is 0 Å². The predicted octanol–water partition coefficient (Wildman–Crippen LogP) is 4.21. The van der Waals surface area contributed by atoms with Gasteiger partial charge >= 0.3 is 5.97 Å². The molecule has 0 atom stereocenters. The number of hydrogen-bond donors (Lipinski definition) is 0. The molecule has 4 aliphatic rings. The second-order valence-corrected chi connectivity index (χ2v) is 8.07. The molecular formula is C20H23NO2. The van der Waals surface area contributed by atoms with Gasteiger partial charge in [0.1, 0.15) is 6.61 Å². The lowest BCUT2D eigenvalue weighted by atomic mass is 9.49. The molecule has 0 saturated heterocycles. The van der Waals surface area contributed by atoms with Gasteiger partial charge in [0, 0.05) is 0 Å². The number of nitrogens with zero attached hydrogens (tertiary/aromatic N) is 1. The van der Waals surface area contributed by atoms with Crippen LogP contribution in [0.3, 0.4) is 0 Å². The molecule has 4 bridgehead atoms. The molecule has 0 unspecified atom stereocenters. The molecule has 0 radical (unpaired) electrons. The molecule has 0 spiro atoms. The number of hydrogen-bond acceptors (Lipinski definition) is 3. The fourth-order valence-electron chi connectivity index (χ4n) is 5.76. The Hall–Kier alpha value is -1.82. The fourth-order valence-corrected chi connectivity index (χ4v) is 5.76. The first kappa shape index (κ1) is 14.8. The van der Waals surface area contributed by atoms with Crippen molar-refractivity contribution in [2.45, 2.75) is 51.6 Å². The van der Waals surface area contributed by atoms with Crippen LogP contribution in [0.4, 0.5) is 0 Å². The summed E-state index contributed by atoms with van der Waals surface area (Å²) < 4.78 is 5.52. The monoisotopic (exact) mass is 309 g/mol. The van der Waals surface area contributed by atoms with Crippen LogP contribution >= 0.6 is 0 Å². The summed E-state index contributed by atoms with van der Waals surface area (Å²) in [5.74, 6) is 2.53. The molecule has 1 aromatic carbocycles. The van der Waals surface area contributed by atoms with Crippen molar-refractivity contribution in [2.75, 3.05) is 0 Å². The Morgan fingerprint density at radius 3 is 2.43 bits per heavy atom. The SMILES string of the molecule is N#Cc1cccc(COC(=O)CC23CC4CC(CC(C4)C2)C3)c1. The van der Waals surface area contributed by atoms with E-state index < -0.39 is 0 Å². The normalized spacial score (nSPS) is 34.1. The van der Waals surface area contributed by atoms with Crippen LogP contribution in [0.15, 0.2) is 24.3 Å². The quantitative estimate of drug-likeness (QED) is 0.783. The summed E-state index contributed by atoms with van der Waals surface area (Å²) in [4.78, 5) is 12.4. The minimum absolute atomic E-state index is 0.0608. The average Bonchev–Trinajstić information content (AvgIpc) is 2.51. The second-order valence-electron chi connectivity index (χ2n) is 8.07. The Balaban J connectivity index is 1.36. The number of esters is 1. The number of carbonyl (C=O) groups is 1. The van der Waals surface area contributed by atoms with Gasteiger partial charge in [-0.1, -0.05) is 12.1 Å². The van der Waals surface area contributed by atoms with Crippen molar-refractivity contribution in [1.82, 2.24) is 0 Å². The van der Waals surface area contributed by atoms with E-state index in [-0.39, 0.29) is 18.0 Å². The summed E-state index contributed by atoms with van der Waals surface area (Å²) in [6.07, 6.45) is 8.49. The van der Waals surface area contributed by atoms with Crippen LogP contribution in [0.5, 0.6) is 0 Å². The lowest BCUT2D eigenvalue weighted by molar-refractivity contribution is -0.153. The summed E-state index contributed by atoms with van der Waals surface area (Å²) in [6, 6.07) is 9.41. The smallest absolute Gasteiger partial charge is 0.306 e. The zero-order valence-corrected chi connectivity index (χ0v) is 13.5. The van der Waals surface area contributed by atoms with E-state index in [2.05, 4.69) is 6.07 Å². The highest BCUT2D eigenvalue weighted by atomic mass is 16.5. The molecule has 23 heavy (non-hydrogen) atoms. The Bertz CT molecular complexity index is 623. The van der Waals surface area contributed by atoms with Crippen molar-refractivity contribution in [2.24, 2.45) is 23.2 Å². The average molecular weight is 309 g/mol. The van der Waals surface area contributed by atoms with E-state index in [1.165, 1.54) is 38.5 Å². The van der Waals surface area contributed by atoms with Gasteiger partial charge in [-0.2, -0.15) is 5.26 Å². The molecule has 120 valence electrons. The van der Waals surface area contributed by atoms with E-state index in [0.717, 1.165) is 23.3 Å². The maximum atomic E-state index is 12.4. The largest absolute Gasteiger partial charge is 0.461 e. The maximum absolute atomic E-state index is 12.4. The Kier molecular flexibility index (Phi) is 3.64. The van der Waals surface area contributed by atoms with E-state index in [9.17, 15) is 4.79 Å². The molecule has 3 nitrogen and oxygen atoms in total. The molecule has 4 saturated carbocycles. The summed E-state index contributed by atoms with van der Waals surface area (Å²) in [6.45, 7) is 0.278.